The number of nitrogens with one attached hydrogen (secondary N) is 1. The second-order valence-electron chi connectivity index (χ2n) is 6.61. The van der Waals surface area contributed by atoms with E-state index >= 15 is 0 Å². The molecule has 0 unspecified atom stereocenters. The molecular weight excluding hydrogens is 358 g/mol. The molecule has 1 aliphatic rings. The highest BCUT2D eigenvalue weighted by molar-refractivity contribution is 6.33. The summed E-state index contributed by atoms with van der Waals surface area (Å²) >= 11 is 6.20. The maximum Gasteiger partial charge on any atom is 0.141 e. The number of para-hydroxylation sites is 2. The highest BCUT2D eigenvalue weighted by Gasteiger charge is 2.23. The van der Waals surface area contributed by atoms with Crippen molar-refractivity contribution in [3.63, 3.8) is 0 Å². The lowest BCUT2D eigenvalue weighted by atomic mass is 10.2. The van der Waals surface area contributed by atoms with Crippen molar-refractivity contribution >= 4 is 29.3 Å². The Hall–Kier alpha value is -2.79. The van der Waals surface area contributed by atoms with Crippen molar-refractivity contribution in [2.75, 3.05) is 23.4 Å². The number of hydrogen-bond acceptors (Lipinski definition) is 4. The molecule has 1 fully saturated rings. The van der Waals surface area contributed by atoms with E-state index in [9.17, 15) is 0 Å². The summed E-state index contributed by atoms with van der Waals surface area (Å²) in [6, 6.07) is 17.8. The minimum Gasteiger partial charge on any atom is -0.356 e. The van der Waals surface area contributed by atoms with Crippen molar-refractivity contribution in [1.82, 2.24) is 9.78 Å². The summed E-state index contributed by atoms with van der Waals surface area (Å²) in [4.78, 5) is 2.39. The topological polar surface area (TPSA) is 45.5 Å². The second kappa shape index (κ2) is 7.84. The molecule has 5 nitrogen and oxygen atoms in total. The molecule has 2 aromatic carbocycles. The third-order valence-electron chi connectivity index (χ3n) is 4.74. The van der Waals surface area contributed by atoms with E-state index in [4.69, 9.17) is 16.7 Å². The lowest BCUT2D eigenvalue weighted by Gasteiger charge is -2.20. The summed E-state index contributed by atoms with van der Waals surface area (Å²) in [6.45, 7) is 4.10. The third kappa shape index (κ3) is 3.69. The van der Waals surface area contributed by atoms with Crippen molar-refractivity contribution in [1.29, 1.82) is 0 Å². The fraction of sp³-hybridized carbons (Fsp3) is 0.238. The van der Waals surface area contributed by atoms with Crippen molar-refractivity contribution in [2.45, 2.75) is 19.8 Å². The molecular formula is C21H22ClN5. The van der Waals surface area contributed by atoms with Gasteiger partial charge in [-0.05, 0) is 44.0 Å². The normalized spacial score (nSPS) is 14.2. The Morgan fingerprint density at radius 2 is 1.74 bits per heavy atom. The monoisotopic (exact) mass is 379 g/mol. The highest BCUT2D eigenvalue weighted by Crippen LogP contribution is 2.29. The molecule has 1 N–H and O–H groups in total. The van der Waals surface area contributed by atoms with Gasteiger partial charge in [-0.25, -0.2) is 4.68 Å². The number of aryl methyl sites for hydroxylation is 1. The number of rotatable bonds is 5. The van der Waals surface area contributed by atoms with E-state index in [1.807, 2.05) is 60.3 Å². The van der Waals surface area contributed by atoms with E-state index in [2.05, 4.69) is 27.6 Å². The van der Waals surface area contributed by atoms with E-state index in [0.29, 0.717) is 5.02 Å². The van der Waals surface area contributed by atoms with Gasteiger partial charge in [0.2, 0.25) is 0 Å². The number of anilines is 2. The van der Waals surface area contributed by atoms with Gasteiger partial charge in [-0.2, -0.15) is 10.2 Å². The molecule has 0 spiro atoms. The summed E-state index contributed by atoms with van der Waals surface area (Å²) in [5.74, 6) is 1.10. The summed E-state index contributed by atoms with van der Waals surface area (Å²) in [6.07, 6.45) is 4.25. The fourth-order valence-corrected chi connectivity index (χ4v) is 3.56. The average molecular weight is 380 g/mol. The molecule has 0 radical (unpaired) electrons. The first-order valence-corrected chi connectivity index (χ1v) is 9.55. The first kappa shape index (κ1) is 17.6. The summed E-state index contributed by atoms with van der Waals surface area (Å²) in [5, 5.41) is 9.88. The molecule has 6 heteroatoms. The molecule has 138 valence electrons. The smallest absolute Gasteiger partial charge is 0.141 e. The van der Waals surface area contributed by atoms with Crippen LogP contribution in [-0.2, 0) is 0 Å². The quantitative estimate of drug-likeness (QED) is 0.507. The number of nitrogens with zero attached hydrogens (tertiary/aromatic N) is 4. The van der Waals surface area contributed by atoms with Gasteiger partial charge in [0.15, 0.2) is 0 Å². The molecule has 0 amide bonds. The minimum atomic E-state index is 0.645. The molecule has 27 heavy (non-hydrogen) atoms. The number of aromatic nitrogens is 2. The zero-order valence-electron chi connectivity index (χ0n) is 15.3. The number of benzene rings is 2. The summed E-state index contributed by atoms with van der Waals surface area (Å²) in [7, 11) is 0. The van der Waals surface area contributed by atoms with Crippen LogP contribution in [0.4, 0.5) is 11.5 Å². The van der Waals surface area contributed by atoms with Crippen LogP contribution in [0.1, 0.15) is 24.1 Å². The SMILES string of the molecule is Cc1nn(-c2ccccc2)c(N2CCCC2)c1/C=N\Nc1ccccc1Cl. The van der Waals surface area contributed by atoms with Gasteiger partial charge < -0.3 is 4.90 Å². The Balaban J connectivity index is 1.70. The number of hydrogen-bond donors (Lipinski definition) is 1. The summed E-state index contributed by atoms with van der Waals surface area (Å²) < 4.78 is 2.03. The first-order valence-electron chi connectivity index (χ1n) is 9.17. The third-order valence-corrected chi connectivity index (χ3v) is 5.07. The van der Waals surface area contributed by atoms with Gasteiger partial charge in [0.05, 0.1) is 33.9 Å². The van der Waals surface area contributed by atoms with Crippen molar-refractivity contribution in [2.24, 2.45) is 5.10 Å². The highest BCUT2D eigenvalue weighted by atomic mass is 35.5. The van der Waals surface area contributed by atoms with Gasteiger partial charge in [0, 0.05) is 13.1 Å². The molecule has 0 atom stereocenters. The maximum atomic E-state index is 6.20. The van der Waals surface area contributed by atoms with Crippen molar-refractivity contribution < 1.29 is 0 Å². The molecule has 4 rings (SSSR count). The predicted octanol–water partition coefficient (Wildman–Crippen LogP) is 4.88. The van der Waals surface area contributed by atoms with Gasteiger partial charge in [-0.15, -0.1) is 0 Å². The van der Waals surface area contributed by atoms with Crippen LogP contribution in [0.5, 0.6) is 0 Å². The van der Waals surface area contributed by atoms with Gasteiger partial charge in [0.25, 0.3) is 0 Å². The molecule has 0 saturated carbocycles. The Morgan fingerprint density at radius 1 is 1.04 bits per heavy atom. The lowest BCUT2D eigenvalue weighted by Crippen LogP contribution is -2.22. The molecule has 1 saturated heterocycles. The van der Waals surface area contributed by atoms with Crippen molar-refractivity contribution in [3.05, 3.63) is 70.9 Å². The first-order chi connectivity index (χ1) is 13.2. The molecule has 3 aromatic rings. The molecule has 2 heterocycles. The van der Waals surface area contributed by atoms with Crippen LogP contribution in [0.2, 0.25) is 5.02 Å². The second-order valence-corrected chi connectivity index (χ2v) is 7.02. The average Bonchev–Trinajstić information content (AvgIpc) is 3.32. The van der Waals surface area contributed by atoms with Crippen LogP contribution in [0.25, 0.3) is 5.69 Å². The van der Waals surface area contributed by atoms with Gasteiger partial charge >= 0.3 is 0 Å². The van der Waals surface area contributed by atoms with Crippen LogP contribution >= 0.6 is 11.6 Å². The van der Waals surface area contributed by atoms with Crippen LogP contribution in [0.3, 0.4) is 0 Å². The van der Waals surface area contributed by atoms with E-state index in [-0.39, 0.29) is 0 Å². The van der Waals surface area contributed by atoms with Gasteiger partial charge in [0.1, 0.15) is 5.82 Å². The van der Waals surface area contributed by atoms with Crippen molar-refractivity contribution in [3.8, 4) is 5.69 Å². The fourth-order valence-electron chi connectivity index (χ4n) is 3.38. The molecule has 1 aliphatic heterocycles. The van der Waals surface area contributed by atoms with E-state index in [1.165, 1.54) is 12.8 Å². The Morgan fingerprint density at radius 3 is 2.48 bits per heavy atom. The standard InChI is InChI=1S/C21H22ClN5/c1-16-18(15-23-24-20-12-6-5-11-19(20)22)21(26-13-7-8-14-26)27(25-16)17-9-3-2-4-10-17/h2-6,9-12,15,24H,7-8,13-14H2,1H3/b23-15-. The molecule has 0 aliphatic carbocycles. The summed E-state index contributed by atoms with van der Waals surface area (Å²) in [5.41, 5.74) is 6.86. The number of hydrazone groups is 1. The van der Waals surface area contributed by atoms with Crippen LogP contribution in [0.15, 0.2) is 59.7 Å². The Bertz CT molecular complexity index is 942. The van der Waals surface area contributed by atoms with Crippen LogP contribution in [0, 0.1) is 6.92 Å². The predicted molar refractivity (Wildman–Crippen MR) is 112 cm³/mol. The maximum absolute atomic E-state index is 6.20. The molecule has 0 bridgehead atoms. The zero-order valence-corrected chi connectivity index (χ0v) is 16.0. The minimum absolute atomic E-state index is 0.645. The van der Waals surface area contributed by atoms with E-state index in [0.717, 1.165) is 41.5 Å². The van der Waals surface area contributed by atoms with E-state index < -0.39 is 0 Å². The zero-order chi connectivity index (χ0) is 18.6. The lowest BCUT2D eigenvalue weighted by molar-refractivity contribution is 0.815. The Labute approximate surface area is 164 Å². The van der Waals surface area contributed by atoms with Crippen LogP contribution in [-0.4, -0.2) is 29.1 Å². The molecule has 1 aromatic heterocycles. The van der Waals surface area contributed by atoms with Crippen LogP contribution < -0.4 is 10.3 Å². The van der Waals surface area contributed by atoms with Gasteiger partial charge in [-0.3, -0.25) is 5.43 Å². The largest absolute Gasteiger partial charge is 0.356 e. The van der Waals surface area contributed by atoms with E-state index in [1.54, 1.807) is 0 Å². The van der Waals surface area contributed by atoms with Gasteiger partial charge in [-0.1, -0.05) is 41.9 Å². The number of halogens is 1. The Kier molecular flexibility index (Phi) is 5.12.